The van der Waals surface area contributed by atoms with E-state index in [1.165, 1.54) is 0 Å². The second-order valence-corrected chi connectivity index (χ2v) is 4.87. The summed E-state index contributed by atoms with van der Waals surface area (Å²) in [5, 5.41) is 10.00. The minimum atomic E-state index is -0.815. The van der Waals surface area contributed by atoms with Gasteiger partial charge in [-0.05, 0) is 47.0 Å². The third kappa shape index (κ3) is 3.15. The Balaban J connectivity index is 2.04. The number of hydrogen-bond donors (Lipinski definition) is 1. The van der Waals surface area contributed by atoms with Crippen LogP contribution in [0.25, 0.3) is 0 Å². The molecule has 0 bridgehead atoms. The van der Waals surface area contributed by atoms with Crippen LogP contribution >= 0.6 is 15.9 Å². The van der Waals surface area contributed by atoms with E-state index in [9.17, 15) is 9.50 Å². The van der Waals surface area contributed by atoms with Gasteiger partial charge in [0.15, 0.2) is 0 Å². The van der Waals surface area contributed by atoms with Crippen LogP contribution in [-0.4, -0.2) is 10.1 Å². The molecular formula is C14H13BrFNO. The number of halogens is 2. The van der Waals surface area contributed by atoms with Crippen LogP contribution in [0.2, 0.25) is 0 Å². The molecule has 2 rings (SSSR count). The number of aliphatic hydroxyl groups excluding tert-OH is 1. The molecule has 1 unspecified atom stereocenters. The Bertz CT molecular complexity index is 518. The monoisotopic (exact) mass is 309 g/mol. The van der Waals surface area contributed by atoms with Gasteiger partial charge in [0, 0.05) is 17.5 Å². The van der Waals surface area contributed by atoms with Crippen LogP contribution in [0.15, 0.2) is 47.1 Å². The normalized spacial score (nSPS) is 12.4. The molecule has 0 saturated heterocycles. The number of aryl methyl sites for hydroxylation is 1. The average molecular weight is 310 g/mol. The third-order valence-corrected chi connectivity index (χ3v) is 3.35. The second-order valence-electron chi connectivity index (χ2n) is 4.02. The molecule has 0 radical (unpaired) electrons. The highest BCUT2D eigenvalue weighted by molar-refractivity contribution is 9.10. The number of benzene rings is 1. The number of aromatic nitrogens is 1. The Hall–Kier alpha value is -1.26. The molecule has 1 atom stereocenters. The summed E-state index contributed by atoms with van der Waals surface area (Å²) in [6.45, 7) is 0. The Morgan fingerprint density at radius 1 is 1.22 bits per heavy atom. The molecule has 0 spiro atoms. The largest absolute Gasteiger partial charge is 0.388 e. The lowest BCUT2D eigenvalue weighted by Crippen LogP contribution is -2.03. The van der Waals surface area contributed by atoms with Gasteiger partial charge in [0.1, 0.15) is 5.82 Å². The van der Waals surface area contributed by atoms with Crippen molar-refractivity contribution >= 4 is 15.9 Å². The van der Waals surface area contributed by atoms with Crippen LogP contribution in [-0.2, 0) is 6.42 Å². The minimum absolute atomic E-state index is 0.320. The van der Waals surface area contributed by atoms with Gasteiger partial charge in [-0.2, -0.15) is 0 Å². The fraction of sp³-hybridized carbons (Fsp3) is 0.214. The molecule has 1 aromatic heterocycles. The number of aliphatic hydroxyl groups is 1. The van der Waals surface area contributed by atoms with Crippen molar-refractivity contribution in [2.75, 3.05) is 0 Å². The second kappa shape index (κ2) is 6.07. The summed E-state index contributed by atoms with van der Waals surface area (Å²) in [6, 6.07) is 10.6. The molecule has 1 N–H and O–H groups in total. The molecule has 1 aromatic carbocycles. The molecule has 0 fully saturated rings. The molecule has 4 heteroatoms. The first kappa shape index (κ1) is 13.2. The third-order valence-electron chi connectivity index (χ3n) is 2.74. The van der Waals surface area contributed by atoms with Gasteiger partial charge >= 0.3 is 0 Å². The molecule has 0 aliphatic rings. The molecule has 0 aliphatic heterocycles. The van der Waals surface area contributed by atoms with E-state index in [1.54, 1.807) is 24.4 Å². The number of hydrogen-bond acceptors (Lipinski definition) is 2. The lowest BCUT2D eigenvalue weighted by molar-refractivity contribution is 0.162. The van der Waals surface area contributed by atoms with Crippen LogP contribution in [0, 0.1) is 5.82 Å². The molecule has 18 heavy (non-hydrogen) atoms. The fourth-order valence-electron chi connectivity index (χ4n) is 1.76. The van der Waals surface area contributed by atoms with Gasteiger partial charge in [0.25, 0.3) is 0 Å². The van der Waals surface area contributed by atoms with Gasteiger partial charge in [-0.25, -0.2) is 4.39 Å². The molecule has 0 aliphatic carbocycles. The number of nitrogens with zero attached hydrogens (tertiary/aromatic N) is 1. The van der Waals surface area contributed by atoms with Crippen molar-refractivity contribution in [2.24, 2.45) is 0 Å². The zero-order valence-electron chi connectivity index (χ0n) is 9.68. The van der Waals surface area contributed by atoms with Crippen molar-refractivity contribution in [2.45, 2.75) is 18.9 Å². The van der Waals surface area contributed by atoms with E-state index in [-0.39, 0.29) is 0 Å². The first-order valence-corrected chi connectivity index (χ1v) is 6.49. The first-order valence-electron chi connectivity index (χ1n) is 5.70. The first-order chi connectivity index (χ1) is 8.68. The molecule has 94 valence electrons. The van der Waals surface area contributed by atoms with E-state index in [0.717, 1.165) is 5.69 Å². The van der Waals surface area contributed by atoms with Crippen LogP contribution in [0.3, 0.4) is 0 Å². The molecular weight excluding hydrogens is 297 g/mol. The van der Waals surface area contributed by atoms with E-state index >= 15 is 0 Å². The van der Waals surface area contributed by atoms with Crippen molar-refractivity contribution in [3.63, 3.8) is 0 Å². The van der Waals surface area contributed by atoms with Crippen molar-refractivity contribution < 1.29 is 9.50 Å². The van der Waals surface area contributed by atoms with Crippen molar-refractivity contribution in [3.8, 4) is 0 Å². The van der Waals surface area contributed by atoms with E-state index < -0.39 is 11.9 Å². The highest BCUT2D eigenvalue weighted by atomic mass is 79.9. The van der Waals surface area contributed by atoms with Gasteiger partial charge in [-0.15, -0.1) is 0 Å². The molecule has 2 aromatic rings. The van der Waals surface area contributed by atoms with Gasteiger partial charge in [-0.1, -0.05) is 18.2 Å². The maximum absolute atomic E-state index is 13.8. The van der Waals surface area contributed by atoms with Gasteiger partial charge in [0.05, 0.1) is 10.6 Å². The maximum atomic E-state index is 13.8. The standard InChI is InChI=1S/C14H13BrFNO/c15-12-6-3-5-11(14(12)16)13(18)8-7-10-4-1-2-9-17-10/h1-6,9,13,18H,7-8H2. The predicted molar refractivity (Wildman–Crippen MR) is 71.6 cm³/mol. The van der Waals surface area contributed by atoms with Crippen LogP contribution < -0.4 is 0 Å². The minimum Gasteiger partial charge on any atom is -0.388 e. The van der Waals surface area contributed by atoms with Crippen LogP contribution in [0.5, 0.6) is 0 Å². The number of rotatable bonds is 4. The Kier molecular flexibility index (Phi) is 4.44. The lowest BCUT2D eigenvalue weighted by atomic mass is 10.0. The van der Waals surface area contributed by atoms with Gasteiger partial charge in [0.2, 0.25) is 0 Å². The quantitative estimate of drug-likeness (QED) is 0.935. The molecule has 0 amide bonds. The van der Waals surface area contributed by atoms with Crippen molar-refractivity contribution in [1.82, 2.24) is 4.98 Å². The van der Waals surface area contributed by atoms with Gasteiger partial charge in [-0.3, -0.25) is 4.98 Å². The fourth-order valence-corrected chi connectivity index (χ4v) is 2.15. The summed E-state index contributed by atoms with van der Waals surface area (Å²) in [7, 11) is 0. The zero-order valence-corrected chi connectivity index (χ0v) is 11.3. The average Bonchev–Trinajstić information content (AvgIpc) is 2.40. The lowest BCUT2D eigenvalue weighted by Gasteiger charge is -2.12. The summed E-state index contributed by atoms with van der Waals surface area (Å²) < 4.78 is 14.1. The zero-order chi connectivity index (χ0) is 13.0. The van der Waals surface area contributed by atoms with E-state index in [4.69, 9.17) is 0 Å². The Morgan fingerprint density at radius 2 is 2.06 bits per heavy atom. The summed E-state index contributed by atoms with van der Waals surface area (Å²) in [5.41, 5.74) is 1.22. The van der Waals surface area contributed by atoms with E-state index in [2.05, 4.69) is 20.9 Å². The highest BCUT2D eigenvalue weighted by Gasteiger charge is 2.14. The van der Waals surface area contributed by atoms with Gasteiger partial charge < -0.3 is 5.11 Å². The maximum Gasteiger partial charge on any atom is 0.143 e. The van der Waals surface area contributed by atoms with Crippen LogP contribution in [0.4, 0.5) is 4.39 Å². The van der Waals surface area contributed by atoms with E-state index in [0.29, 0.717) is 22.9 Å². The molecule has 2 nitrogen and oxygen atoms in total. The smallest absolute Gasteiger partial charge is 0.143 e. The summed E-state index contributed by atoms with van der Waals surface area (Å²) in [4.78, 5) is 4.17. The summed E-state index contributed by atoms with van der Waals surface area (Å²) >= 11 is 3.11. The highest BCUT2D eigenvalue weighted by Crippen LogP contribution is 2.26. The Labute approximate surface area is 114 Å². The summed E-state index contributed by atoms with van der Waals surface area (Å²) in [5.74, 6) is -0.397. The number of pyridine rings is 1. The van der Waals surface area contributed by atoms with Crippen molar-refractivity contribution in [3.05, 3.63) is 64.1 Å². The molecule has 0 saturated carbocycles. The molecule has 1 heterocycles. The van der Waals surface area contributed by atoms with Crippen LogP contribution in [0.1, 0.15) is 23.8 Å². The van der Waals surface area contributed by atoms with Crippen molar-refractivity contribution in [1.29, 1.82) is 0 Å². The summed E-state index contributed by atoms with van der Waals surface area (Å²) in [6.07, 6.45) is 1.96. The van der Waals surface area contributed by atoms with E-state index in [1.807, 2.05) is 18.2 Å². The topological polar surface area (TPSA) is 33.1 Å². The SMILES string of the molecule is OC(CCc1ccccn1)c1cccc(Br)c1F. The Morgan fingerprint density at radius 3 is 2.78 bits per heavy atom. The predicted octanol–water partition coefficient (Wildman–Crippen LogP) is 3.65.